The summed E-state index contributed by atoms with van der Waals surface area (Å²) in [6.45, 7) is 0. The molecule has 0 saturated carbocycles. The zero-order chi connectivity index (χ0) is 13.5. The molecular formula is C9H12F3NO4. The molecule has 0 aromatic heterocycles. The number of hydrogen-bond donors (Lipinski definition) is 1. The van der Waals surface area contributed by atoms with Crippen molar-refractivity contribution >= 4 is 11.8 Å². The van der Waals surface area contributed by atoms with Crippen molar-refractivity contribution in [2.75, 3.05) is 14.2 Å². The molecule has 98 valence electrons. The standard InChI is InChI=1S/C9H12F3NO4/c1-16-7(5-8(15)17-2)13-4-3-6(14)9(10,11)12/h3-4,7,13H,5H2,1-2H3. The van der Waals surface area contributed by atoms with E-state index in [2.05, 4.69) is 10.1 Å². The first kappa shape index (κ1) is 15.4. The Hall–Kier alpha value is -1.57. The normalized spacial score (nSPS) is 13.5. The van der Waals surface area contributed by atoms with Gasteiger partial charge in [-0.1, -0.05) is 0 Å². The minimum atomic E-state index is -4.91. The Morgan fingerprint density at radius 1 is 1.35 bits per heavy atom. The van der Waals surface area contributed by atoms with Gasteiger partial charge in [0, 0.05) is 19.4 Å². The van der Waals surface area contributed by atoms with E-state index < -0.39 is 24.2 Å². The summed E-state index contributed by atoms with van der Waals surface area (Å²) in [6, 6.07) is 0. The summed E-state index contributed by atoms with van der Waals surface area (Å²) >= 11 is 0. The number of carbonyl (C=O) groups is 2. The number of nitrogens with one attached hydrogen (secondary N) is 1. The van der Waals surface area contributed by atoms with Gasteiger partial charge >= 0.3 is 12.1 Å². The van der Waals surface area contributed by atoms with Crippen LogP contribution in [-0.2, 0) is 19.1 Å². The van der Waals surface area contributed by atoms with Gasteiger partial charge in [-0.25, -0.2) is 0 Å². The van der Waals surface area contributed by atoms with Crippen LogP contribution in [0.5, 0.6) is 0 Å². The van der Waals surface area contributed by atoms with Gasteiger partial charge in [-0.2, -0.15) is 13.2 Å². The predicted molar refractivity (Wildman–Crippen MR) is 50.8 cm³/mol. The third-order valence-corrected chi connectivity index (χ3v) is 1.66. The maximum Gasteiger partial charge on any atom is 0.454 e. The summed E-state index contributed by atoms with van der Waals surface area (Å²) in [5.41, 5.74) is 0. The summed E-state index contributed by atoms with van der Waals surface area (Å²) in [5.74, 6) is -2.60. The molecule has 1 unspecified atom stereocenters. The molecule has 0 aliphatic carbocycles. The number of allylic oxidation sites excluding steroid dienone is 1. The molecule has 17 heavy (non-hydrogen) atoms. The van der Waals surface area contributed by atoms with Crippen molar-refractivity contribution in [1.29, 1.82) is 0 Å². The predicted octanol–water partition coefficient (Wildman–Crippen LogP) is 0.757. The van der Waals surface area contributed by atoms with Gasteiger partial charge in [-0.15, -0.1) is 0 Å². The number of methoxy groups -OCH3 is 2. The van der Waals surface area contributed by atoms with Crippen molar-refractivity contribution in [3.63, 3.8) is 0 Å². The Bertz CT molecular complexity index is 301. The van der Waals surface area contributed by atoms with E-state index >= 15 is 0 Å². The third kappa shape index (κ3) is 6.56. The Morgan fingerprint density at radius 3 is 2.35 bits per heavy atom. The zero-order valence-electron chi connectivity index (χ0n) is 9.21. The van der Waals surface area contributed by atoms with Crippen molar-refractivity contribution in [2.45, 2.75) is 18.8 Å². The van der Waals surface area contributed by atoms with Crippen LogP contribution in [0.25, 0.3) is 0 Å². The topological polar surface area (TPSA) is 64.6 Å². The highest BCUT2D eigenvalue weighted by atomic mass is 19.4. The molecule has 0 fully saturated rings. The highest BCUT2D eigenvalue weighted by molar-refractivity contribution is 5.94. The number of alkyl halides is 3. The number of carbonyl (C=O) groups excluding carboxylic acids is 2. The fraction of sp³-hybridized carbons (Fsp3) is 0.556. The molecular weight excluding hydrogens is 243 g/mol. The maximum absolute atomic E-state index is 11.8. The minimum absolute atomic E-state index is 0.197. The lowest BCUT2D eigenvalue weighted by atomic mass is 10.3. The Balaban J connectivity index is 4.19. The molecule has 5 nitrogen and oxygen atoms in total. The number of rotatable bonds is 6. The first-order chi connectivity index (χ1) is 7.81. The number of esters is 1. The largest absolute Gasteiger partial charge is 0.469 e. The fourth-order valence-corrected chi connectivity index (χ4v) is 0.771. The smallest absolute Gasteiger partial charge is 0.454 e. The van der Waals surface area contributed by atoms with E-state index in [1.807, 2.05) is 0 Å². The van der Waals surface area contributed by atoms with Crippen LogP contribution in [-0.4, -0.2) is 38.4 Å². The number of ether oxygens (including phenoxy) is 2. The van der Waals surface area contributed by atoms with Crippen molar-refractivity contribution in [3.8, 4) is 0 Å². The molecule has 0 heterocycles. The summed E-state index contributed by atoms with van der Waals surface area (Å²) < 4.78 is 44.4. The summed E-state index contributed by atoms with van der Waals surface area (Å²) in [7, 11) is 2.41. The molecule has 8 heteroatoms. The van der Waals surface area contributed by atoms with Gasteiger partial charge in [0.1, 0.15) is 6.23 Å². The van der Waals surface area contributed by atoms with Crippen molar-refractivity contribution < 1.29 is 32.2 Å². The minimum Gasteiger partial charge on any atom is -0.469 e. The molecule has 0 aromatic carbocycles. The first-order valence-electron chi connectivity index (χ1n) is 4.44. The van der Waals surface area contributed by atoms with E-state index in [9.17, 15) is 22.8 Å². The highest BCUT2D eigenvalue weighted by Gasteiger charge is 2.36. The molecule has 0 spiro atoms. The van der Waals surface area contributed by atoms with Crippen molar-refractivity contribution in [1.82, 2.24) is 5.32 Å². The lowest BCUT2D eigenvalue weighted by molar-refractivity contribution is -0.165. The number of ketones is 1. The van der Waals surface area contributed by atoms with Gasteiger partial charge < -0.3 is 14.8 Å². The highest BCUT2D eigenvalue weighted by Crippen LogP contribution is 2.16. The van der Waals surface area contributed by atoms with Crippen LogP contribution in [0.4, 0.5) is 13.2 Å². The van der Waals surface area contributed by atoms with Gasteiger partial charge in [0.2, 0.25) is 0 Å². The molecule has 0 radical (unpaired) electrons. The molecule has 0 saturated heterocycles. The Kier molecular flexibility index (Phi) is 6.26. The average molecular weight is 255 g/mol. The molecule has 0 amide bonds. The van der Waals surface area contributed by atoms with Gasteiger partial charge in [0.25, 0.3) is 5.78 Å². The molecule has 1 N–H and O–H groups in total. The number of hydrogen-bond acceptors (Lipinski definition) is 5. The van der Waals surface area contributed by atoms with E-state index in [1.165, 1.54) is 7.11 Å². The second-order valence-electron chi connectivity index (χ2n) is 2.87. The second kappa shape index (κ2) is 6.89. The van der Waals surface area contributed by atoms with Crippen LogP contribution in [0.3, 0.4) is 0 Å². The van der Waals surface area contributed by atoms with E-state index in [4.69, 9.17) is 4.74 Å². The van der Waals surface area contributed by atoms with Crippen LogP contribution in [0, 0.1) is 0 Å². The quantitative estimate of drug-likeness (QED) is 0.431. The molecule has 0 rings (SSSR count). The molecule has 0 bridgehead atoms. The second-order valence-corrected chi connectivity index (χ2v) is 2.87. The maximum atomic E-state index is 11.8. The monoisotopic (exact) mass is 255 g/mol. The number of halogens is 3. The van der Waals surface area contributed by atoms with Crippen molar-refractivity contribution in [2.24, 2.45) is 0 Å². The van der Waals surface area contributed by atoms with Crippen LogP contribution in [0.2, 0.25) is 0 Å². The Labute approximate surface area is 95.6 Å². The lowest BCUT2D eigenvalue weighted by Crippen LogP contribution is -2.30. The van der Waals surface area contributed by atoms with E-state index in [0.717, 1.165) is 13.3 Å². The summed E-state index contributed by atoms with van der Waals surface area (Å²) in [5, 5.41) is 2.31. The van der Waals surface area contributed by atoms with E-state index in [-0.39, 0.29) is 6.42 Å². The molecule has 1 atom stereocenters. The van der Waals surface area contributed by atoms with Gasteiger partial charge in [-0.3, -0.25) is 9.59 Å². The van der Waals surface area contributed by atoms with Gasteiger partial charge in [-0.05, 0) is 0 Å². The van der Waals surface area contributed by atoms with E-state index in [1.54, 1.807) is 0 Å². The molecule has 0 aliphatic heterocycles. The van der Waals surface area contributed by atoms with Gasteiger partial charge in [0.05, 0.1) is 13.5 Å². The SMILES string of the molecule is COC(=O)CC(NC=CC(=O)C(F)(F)F)OC. The van der Waals surface area contributed by atoms with E-state index in [0.29, 0.717) is 6.08 Å². The lowest BCUT2D eigenvalue weighted by Gasteiger charge is -2.13. The molecule has 0 aromatic rings. The van der Waals surface area contributed by atoms with Crippen LogP contribution >= 0.6 is 0 Å². The average Bonchev–Trinajstić information content (AvgIpc) is 2.25. The summed E-state index contributed by atoms with van der Waals surface area (Å²) in [4.78, 5) is 21.3. The molecule has 0 aliphatic rings. The van der Waals surface area contributed by atoms with Crippen LogP contribution < -0.4 is 5.32 Å². The zero-order valence-corrected chi connectivity index (χ0v) is 9.21. The first-order valence-corrected chi connectivity index (χ1v) is 4.44. The van der Waals surface area contributed by atoms with Gasteiger partial charge in [0.15, 0.2) is 0 Å². The van der Waals surface area contributed by atoms with Crippen LogP contribution in [0.15, 0.2) is 12.3 Å². The van der Waals surface area contributed by atoms with Crippen molar-refractivity contribution in [3.05, 3.63) is 12.3 Å². The van der Waals surface area contributed by atoms with Crippen LogP contribution in [0.1, 0.15) is 6.42 Å². The third-order valence-electron chi connectivity index (χ3n) is 1.66. The Morgan fingerprint density at radius 2 is 1.94 bits per heavy atom. The summed E-state index contributed by atoms with van der Waals surface area (Å²) in [6.07, 6.45) is -4.89. The fourth-order valence-electron chi connectivity index (χ4n) is 0.771.